The monoisotopic (exact) mass is 607 g/mol. The van der Waals surface area contributed by atoms with Crippen LogP contribution in [-0.4, -0.2) is 64.2 Å². The Labute approximate surface area is 203 Å². The lowest BCUT2D eigenvalue weighted by Crippen LogP contribution is -2.74. The predicted molar refractivity (Wildman–Crippen MR) is 94.7 cm³/mol. The lowest BCUT2D eigenvalue weighted by Gasteiger charge is -2.42. The normalized spacial score (nSPS) is 15.1. The second-order valence-corrected chi connectivity index (χ2v) is 7.65. The van der Waals surface area contributed by atoms with Crippen LogP contribution in [0.2, 0.25) is 0 Å². The van der Waals surface area contributed by atoms with E-state index in [2.05, 4.69) is 14.7 Å². The first-order valence-electron chi connectivity index (χ1n) is 9.57. The molecule has 0 unspecified atom stereocenters. The fourth-order valence-corrected chi connectivity index (χ4v) is 2.73. The number of benzene rings is 1. The molecule has 2 rings (SSSR count). The highest BCUT2D eigenvalue weighted by molar-refractivity contribution is 5.76. The summed E-state index contributed by atoms with van der Waals surface area (Å²) in [6.07, 6.45) is -10.6. The maximum absolute atomic E-state index is 13.9. The summed E-state index contributed by atoms with van der Waals surface area (Å²) in [6.45, 7) is -1.87. The quantitative estimate of drug-likeness (QED) is 0.296. The van der Waals surface area contributed by atoms with Gasteiger partial charge in [-0.2, -0.15) is 74.6 Å². The van der Waals surface area contributed by atoms with Crippen molar-refractivity contribution < 1.29 is 79.4 Å². The van der Waals surface area contributed by atoms with Gasteiger partial charge in [0.25, 0.3) is 5.88 Å². The molecule has 2 aromatic rings. The van der Waals surface area contributed by atoms with Gasteiger partial charge in [0.1, 0.15) is 0 Å². The average molecular weight is 607 g/mol. The maximum atomic E-state index is 13.9. The number of anilines is 1. The van der Waals surface area contributed by atoms with E-state index in [1.807, 2.05) is 0 Å². The molecule has 0 saturated carbocycles. The van der Waals surface area contributed by atoms with Crippen LogP contribution >= 0.6 is 0 Å². The summed E-state index contributed by atoms with van der Waals surface area (Å²) in [5, 5.41) is 0. The third-order valence-electron chi connectivity index (χ3n) is 5.01. The zero-order valence-corrected chi connectivity index (χ0v) is 18.0. The molecule has 0 aliphatic heterocycles. The number of aromatic nitrogens is 2. The number of rotatable bonds is 10. The fraction of sp³-hybridized carbons (Fsp3) is 0.556. The third kappa shape index (κ3) is 4.70. The highest BCUT2D eigenvalue weighted by Crippen LogP contribution is 2.64. The molecule has 39 heavy (non-hydrogen) atoms. The van der Waals surface area contributed by atoms with Gasteiger partial charge in [0, 0.05) is 0 Å². The van der Waals surface area contributed by atoms with E-state index in [4.69, 9.17) is 5.73 Å². The number of para-hydroxylation sites is 2. The Morgan fingerprint density at radius 2 is 0.949 bits per heavy atom. The van der Waals surface area contributed by atoms with E-state index in [-0.39, 0.29) is 11.0 Å². The van der Waals surface area contributed by atoms with Crippen molar-refractivity contribution in [3.05, 3.63) is 24.3 Å². The molecule has 222 valence electrons. The number of fused-ring (bicyclic) bond motifs is 1. The molecule has 0 bridgehead atoms. The van der Waals surface area contributed by atoms with Crippen LogP contribution in [0.25, 0.3) is 11.0 Å². The van der Waals surface area contributed by atoms with Crippen molar-refractivity contribution in [2.24, 2.45) is 0 Å². The van der Waals surface area contributed by atoms with Crippen LogP contribution < -0.4 is 10.5 Å². The van der Waals surface area contributed by atoms with Crippen molar-refractivity contribution in [2.75, 3.05) is 12.3 Å². The van der Waals surface area contributed by atoms with E-state index in [1.165, 1.54) is 24.3 Å². The molecule has 0 aliphatic rings. The Bertz CT molecular complexity index is 1200. The molecule has 0 saturated heterocycles. The molecule has 2 N–H and O–H groups in total. The zero-order valence-electron chi connectivity index (χ0n) is 18.0. The van der Waals surface area contributed by atoms with E-state index in [1.54, 1.807) is 0 Å². The van der Waals surface area contributed by atoms with Crippen molar-refractivity contribution >= 4 is 16.9 Å². The molecule has 0 radical (unpaired) electrons. The van der Waals surface area contributed by atoms with Gasteiger partial charge in [-0.3, -0.25) is 0 Å². The van der Waals surface area contributed by atoms with Crippen molar-refractivity contribution in [3.8, 4) is 5.88 Å². The largest absolute Gasteiger partial charge is 0.475 e. The number of nitrogen functional groups attached to an aromatic ring is 1. The minimum absolute atomic E-state index is 0.0521. The maximum Gasteiger partial charge on any atom is 0.460 e. The highest BCUT2D eigenvalue weighted by atomic mass is 19.4. The number of halogens is 17. The lowest BCUT2D eigenvalue weighted by molar-refractivity contribution is -0.461. The lowest BCUT2D eigenvalue weighted by atomic mass is 9.88. The fourth-order valence-electron chi connectivity index (χ4n) is 2.73. The van der Waals surface area contributed by atoms with E-state index < -0.39 is 72.4 Å². The molecule has 1 aromatic heterocycles. The topological polar surface area (TPSA) is 61.0 Å². The number of hydrogen-bond acceptors (Lipinski definition) is 4. The number of nitrogens with two attached hydrogens (primary N) is 1. The van der Waals surface area contributed by atoms with E-state index in [9.17, 15) is 74.6 Å². The molecule has 0 amide bonds. The Morgan fingerprint density at radius 1 is 0.564 bits per heavy atom. The first-order valence-corrected chi connectivity index (χ1v) is 9.57. The molecular weight excluding hydrogens is 597 g/mol. The third-order valence-corrected chi connectivity index (χ3v) is 5.01. The SMILES string of the molecule is Nc1nc2ccccc2nc1OCCC(F)(F)C(F)(F)C(F)(F)C(F)(F)C(F)(F)C(F)(F)C(F)(F)C(F)(F)F. The predicted octanol–water partition coefficient (Wildman–Crippen LogP) is 6.99. The summed E-state index contributed by atoms with van der Waals surface area (Å²) >= 11 is 0. The molecule has 4 nitrogen and oxygen atoms in total. The summed E-state index contributed by atoms with van der Waals surface area (Å²) in [6, 6.07) is 5.35. The molecule has 0 spiro atoms. The average Bonchev–Trinajstić information content (AvgIpc) is 2.77. The molecule has 1 heterocycles. The van der Waals surface area contributed by atoms with Crippen LogP contribution in [0, 0.1) is 0 Å². The molecule has 0 aliphatic carbocycles. The van der Waals surface area contributed by atoms with Gasteiger partial charge in [-0.25, -0.2) is 9.97 Å². The van der Waals surface area contributed by atoms with Crippen molar-refractivity contribution in [1.82, 2.24) is 9.97 Å². The van der Waals surface area contributed by atoms with Crippen LogP contribution in [-0.2, 0) is 0 Å². The van der Waals surface area contributed by atoms with Crippen molar-refractivity contribution in [2.45, 2.75) is 54.1 Å². The minimum atomic E-state index is -8.67. The summed E-state index contributed by atoms with van der Waals surface area (Å²) in [7, 11) is 0. The van der Waals surface area contributed by atoms with Crippen LogP contribution in [0.15, 0.2) is 24.3 Å². The number of hydrogen-bond donors (Lipinski definition) is 1. The molecule has 21 heteroatoms. The highest BCUT2D eigenvalue weighted by Gasteiger charge is 2.95. The van der Waals surface area contributed by atoms with Gasteiger partial charge in [0.2, 0.25) is 0 Å². The second kappa shape index (κ2) is 9.27. The van der Waals surface area contributed by atoms with Gasteiger partial charge in [0.05, 0.1) is 24.1 Å². The summed E-state index contributed by atoms with van der Waals surface area (Å²) < 4.78 is 230. The van der Waals surface area contributed by atoms with Gasteiger partial charge < -0.3 is 10.5 Å². The summed E-state index contributed by atoms with van der Waals surface area (Å²) in [5.74, 6) is -58.4. The standard InChI is InChI=1S/C18H10F17N3O/c19-11(20,5-6-39-10-9(36)37-7-3-1-2-4-8(7)38-10)12(21,22)13(23,24)14(25,26)15(27,28)16(29,30)17(31,32)18(33,34)35/h1-4H,5-6H2,(H2,36,37). The van der Waals surface area contributed by atoms with Gasteiger partial charge in [-0.15, -0.1) is 0 Å². The van der Waals surface area contributed by atoms with E-state index >= 15 is 0 Å². The van der Waals surface area contributed by atoms with Gasteiger partial charge in [-0.05, 0) is 12.1 Å². The van der Waals surface area contributed by atoms with E-state index in [0.717, 1.165) is 0 Å². The minimum Gasteiger partial charge on any atom is -0.475 e. The Hall–Kier alpha value is -3.03. The van der Waals surface area contributed by atoms with Crippen LogP contribution in [0.3, 0.4) is 0 Å². The Balaban J connectivity index is 2.37. The molecule has 0 fully saturated rings. The number of nitrogens with zero attached hydrogens (tertiary/aromatic N) is 2. The van der Waals surface area contributed by atoms with E-state index in [0.29, 0.717) is 0 Å². The first kappa shape index (κ1) is 32.2. The van der Waals surface area contributed by atoms with Crippen LogP contribution in [0.1, 0.15) is 6.42 Å². The molecular formula is C18H10F17N3O. The van der Waals surface area contributed by atoms with Gasteiger partial charge in [-0.1, -0.05) is 12.1 Å². The van der Waals surface area contributed by atoms with Crippen molar-refractivity contribution in [3.63, 3.8) is 0 Å². The van der Waals surface area contributed by atoms with Crippen LogP contribution in [0.4, 0.5) is 80.5 Å². The van der Waals surface area contributed by atoms with Crippen LogP contribution in [0.5, 0.6) is 5.88 Å². The Kier molecular flexibility index (Phi) is 7.65. The van der Waals surface area contributed by atoms with Gasteiger partial charge >= 0.3 is 47.6 Å². The van der Waals surface area contributed by atoms with Crippen molar-refractivity contribution in [1.29, 1.82) is 0 Å². The summed E-state index contributed by atoms with van der Waals surface area (Å²) in [5.41, 5.74) is 5.38. The first-order chi connectivity index (χ1) is 17.2. The summed E-state index contributed by atoms with van der Waals surface area (Å²) in [4.78, 5) is 7.23. The number of ether oxygens (including phenoxy) is 1. The van der Waals surface area contributed by atoms with Gasteiger partial charge in [0.15, 0.2) is 5.82 Å². The molecule has 0 atom stereocenters. The number of alkyl halides is 17. The Morgan fingerprint density at radius 3 is 1.38 bits per heavy atom. The zero-order chi connectivity index (χ0) is 30.7. The molecule has 1 aromatic carbocycles. The second-order valence-electron chi connectivity index (χ2n) is 7.65. The smallest absolute Gasteiger partial charge is 0.460 e.